The largest absolute Gasteiger partial charge is 0.491 e. The van der Waals surface area contributed by atoms with Crippen molar-refractivity contribution in [2.45, 2.75) is 0 Å². The van der Waals surface area contributed by atoms with Crippen LogP contribution >= 0.6 is 23.2 Å². The predicted octanol–water partition coefficient (Wildman–Crippen LogP) is 3.94. The summed E-state index contributed by atoms with van der Waals surface area (Å²) in [5, 5.41) is -1.05. The van der Waals surface area contributed by atoms with Crippen LogP contribution in [0.3, 0.4) is 0 Å². The van der Waals surface area contributed by atoms with Gasteiger partial charge in [0.2, 0.25) is 0 Å². The van der Waals surface area contributed by atoms with Gasteiger partial charge in [0.1, 0.15) is 24.7 Å². The van der Waals surface area contributed by atoms with Crippen LogP contribution in [0.15, 0.2) is 48.5 Å². The fourth-order valence-electron chi connectivity index (χ4n) is 2.18. The third-order valence-electron chi connectivity index (χ3n) is 3.49. The average molecular weight is 427 g/mol. The fraction of sp³-hybridized carbons (Fsp3) is 0.300. The Balaban J connectivity index is 1.49. The Hall–Kier alpha value is -2.12. The summed E-state index contributed by atoms with van der Waals surface area (Å²) >= 11 is 10.8. The monoisotopic (exact) mass is 426 g/mol. The summed E-state index contributed by atoms with van der Waals surface area (Å²) in [5.74, 6) is 1.12. The molecule has 2 aromatic rings. The van der Waals surface area contributed by atoms with Crippen molar-refractivity contribution in [2.24, 2.45) is 0 Å². The summed E-state index contributed by atoms with van der Waals surface area (Å²) < 4.78 is 21.8. The maximum atomic E-state index is 11.1. The van der Waals surface area contributed by atoms with Gasteiger partial charge in [-0.1, -0.05) is 12.1 Å². The Morgan fingerprint density at radius 2 is 1.04 bits per heavy atom. The van der Waals surface area contributed by atoms with Crippen molar-refractivity contribution >= 4 is 33.7 Å². The first kappa shape index (κ1) is 22.2. The third-order valence-corrected chi connectivity index (χ3v) is 3.92. The second-order valence-corrected chi connectivity index (χ2v) is 6.21. The molecule has 0 fully saturated rings. The zero-order chi connectivity index (χ0) is 20.2. The molecule has 0 spiro atoms. The lowest BCUT2D eigenvalue weighted by molar-refractivity contribution is 0.0273. The highest BCUT2D eigenvalue weighted by Crippen LogP contribution is 2.15. The van der Waals surface area contributed by atoms with E-state index in [1.165, 1.54) is 0 Å². The Labute approximate surface area is 173 Å². The molecule has 0 atom stereocenters. The summed E-state index contributed by atoms with van der Waals surface area (Å²) in [6, 6.07) is 13.3. The van der Waals surface area contributed by atoms with Crippen molar-refractivity contribution in [3.05, 3.63) is 59.7 Å². The number of hydrogen-bond acceptors (Lipinski definition) is 6. The van der Waals surface area contributed by atoms with Crippen LogP contribution in [0.1, 0.15) is 20.7 Å². The molecule has 0 aliphatic rings. The Morgan fingerprint density at radius 1 is 0.643 bits per heavy atom. The minimum absolute atomic E-state index is 0.346. The highest BCUT2D eigenvalue weighted by molar-refractivity contribution is 6.68. The second-order valence-electron chi connectivity index (χ2n) is 5.52. The van der Waals surface area contributed by atoms with Crippen molar-refractivity contribution in [2.75, 3.05) is 39.6 Å². The summed E-state index contributed by atoms with van der Waals surface area (Å²) in [6.45, 7) is 2.30. The van der Waals surface area contributed by atoms with Gasteiger partial charge in [-0.2, -0.15) is 0 Å². The maximum absolute atomic E-state index is 11.1. The zero-order valence-corrected chi connectivity index (χ0v) is 16.6. The van der Waals surface area contributed by atoms with E-state index in [1.54, 1.807) is 48.5 Å². The van der Waals surface area contributed by atoms with Crippen LogP contribution in [0.2, 0.25) is 0 Å². The fourth-order valence-corrected chi connectivity index (χ4v) is 2.41. The molecule has 28 heavy (non-hydrogen) atoms. The van der Waals surface area contributed by atoms with Crippen molar-refractivity contribution in [3.63, 3.8) is 0 Å². The van der Waals surface area contributed by atoms with Gasteiger partial charge in [-0.05, 0) is 59.6 Å². The van der Waals surface area contributed by atoms with Crippen molar-refractivity contribution in [3.8, 4) is 11.5 Å². The number of carbonyl (C=O) groups excluding carboxylic acids is 2. The molecule has 2 rings (SSSR count). The molecule has 0 radical (unpaired) electrons. The van der Waals surface area contributed by atoms with Gasteiger partial charge in [-0.25, -0.2) is 0 Å². The minimum atomic E-state index is -0.525. The van der Waals surface area contributed by atoms with Gasteiger partial charge >= 0.3 is 0 Å². The Morgan fingerprint density at radius 3 is 1.43 bits per heavy atom. The lowest BCUT2D eigenvalue weighted by Crippen LogP contribution is -2.13. The molecule has 0 aliphatic carbocycles. The first-order valence-corrected chi connectivity index (χ1v) is 9.33. The van der Waals surface area contributed by atoms with Crippen molar-refractivity contribution in [1.29, 1.82) is 0 Å². The van der Waals surface area contributed by atoms with E-state index in [9.17, 15) is 9.59 Å². The van der Waals surface area contributed by atoms with Gasteiger partial charge in [0.25, 0.3) is 10.5 Å². The molecule has 0 aromatic heterocycles. The minimum Gasteiger partial charge on any atom is -0.491 e. The second kappa shape index (κ2) is 12.4. The van der Waals surface area contributed by atoms with Crippen LogP contribution in [0, 0.1) is 0 Å². The summed E-state index contributed by atoms with van der Waals surface area (Å²) in [5.41, 5.74) is 0.772. The van der Waals surface area contributed by atoms with Crippen molar-refractivity contribution in [1.82, 2.24) is 0 Å². The number of carbonyl (C=O) groups is 2. The van der Waals surface area contributed by atoms with E-state index in [4.69, 9.17) is 42.1 Å². The number of halogens is 2. The quantitative estimate of drug-likeness (QED) is 0.356. The Kier molecular flexibility index (Phi) is 9.79. The average Bonchev–Trinajstić information content (AvgIpc) is 2.69. The molecule has 0 saturated heterocycles. The highest BCUT2D eigenvalue weighted by atomic mass is 35.5. The van der Waals surface area contributed by atoms with Crippen LogP contribution in [-0.4, -0.2) is 50.1 Å². The van der Waals surface area contributed by atoms with Gasteiger partial charge < -0.3 is 18.9 Å². The van der Waals surface area contributed by atoms with Crippen LogP contribution < -0.4 is 9.47 Å². The lowest BCUT2D eigenvalue weighted by atomic mass is 10.2. The number of hydrogen-bond donors (Lipinski definition) is 0. The van der Waals surface area contributed by atoms with Crippen LogP contribution in [0.5, 0.6) is 11.5 Å². The smallest absolute Gasteiger partial charge is 0.252 e. The topological polar surface area (TPSA) is 71.1 Å². The van der Waals surface area contributed by atoms with Crippen LogP contribution in [0.4, 0.5) is 0 Å². The van der Waals surface area contributed by atoms with Gasteiger partial charge in [-0.15, -0.1) is 0 Å². The molecule has 2 aromatic carbocycles. The predicted molar refractivity (Wildman–Crippen MR) is 106 cm³/mol. The molecule has 0 saturated carbocycles. The molecule has 0 bridgehead atoms. The van der Waals surface area contributed by atoms with Crippen molar-refractivity contribution < 1.29 is 28.5 Å². The van der Waals surface area contributed by atoms with Gasteiger partial charge in [0, 0.05) is 11.1 Å². The van der Waals surface area contributed by atoms with Gasteiger partial charge in [0.05, 0.1) is 26.4 Å². The van der Waals surface area contributed by atoms with E-state index in [-0.39, 0.29) is 0 Å². The molecule has 0 N–H and O–H groups in total. The summed E-state index contributed by atoms with van der Waals surface area (Å²) in [4.78, 5) is 22.2. The molecular formula is C20H20Cl2O6. The van der Waals surface area contributed by atoms with E-state index in [0.29, 0.717) is 62.3 Å². The van der Waals surface area contributed by atoms with Crippen LogP contribution in [0.25, 0.3) is 0 Å². The van der Waals surface area contributed by atoms with Crippen LogP contribution in [-0.2, 0) is 9.47 Å². The van der Waals surface area contributed by atoms with E-state index in [1.807, 2.05) is 0 Å². The van der Waals surface area contributed by atoms with E-state index in [0.717, 1.165) is 0 Å². The summed E-state index contributed by atoms with van der Waals surface area (Å²) in [6.07, 6.45) is 0. The standard InChI is InChI=1S/C20H20Cl2O6/c21-19(23)15-3-1-5-17(13-15)27-11-9-25-7-8-26-10-12-28-18-6-2-4-16(14-18)20(22)24/h1-6,13-14H,7-12H2. The molecule has 8 heteroatoms. The number of benzene rings is 2. The van der Waals surface area contributed by atoms with Gasteiger partial charge in [0.15, 0.2) is 0 Å². The molecule has 6 nitrogen and oxygen atoms in total. The molecule has 0 aliphatic heterocycles. The molecule has 0 heterocycles. The highest BCUT2D eigenvalue weighted by Gasteiger charge is 2.04. The maximum Gasteiger partial charge on any atom is 0.252 e. The normalized spacial score (nSPS) is 10.5. The SMILES string of the molecule is O=C(Cl)c1cccc(OCCOCCOCCOc2cccc(C(=O)Cl)c2)c1. The van der Waals surface area contributed by atoms with E-state index >= 15 is 0 Å². The first-order valence-electron chi connectivity index (χ1n) is 8.57. The zero-order valence-electron chi connectivity index (χ0n) is 15.1. The number of ether oxygens (including phenoxy) is 4. The molecule has 0 amide bonds. The lowest BCUT2D eigenvalue weighted by Gasteiger charge is -2.09. The van der Waals surface area contributed by atoms with Gasteiger partial charge in [-0.3, -0.25) is 9.59 Å². The summed E-state index contributed by atoms with van der Waals surface area (Å²) in [7, 11) is 0. The first-order chi connectivity index (χ1) is 13.6. The molecule has 0 unspecified atom stereocenters. The van der Waals surface area contributed by atoms with E-state index in [2.05, 4.69) is 0 Å². The third kappa shape index (κ3) is 8.27. The van der Waals surface area contributed by atoms with E-state index < -0.39 is 10.5 Å². The number of rotatable bonds is 13. The Bertz CT molecular complexity index is 715. The molecular weight excluding hydrogens is 407 g/mol. The molecule has 150 valence electrons.